The summed E-state index contributed by atoms with van der Waals surface area (Å²) in [5, 5.41) is 3.68. The van der Waals surface area contributed by atoms with E-state index < -0.39 is 5.97 Å². The molecule has 1 amide bonds. The summed E-state index contributed by atoms with van der Waals surface area (Å²) in [6.07, 6.45) is 4.67. The number of anilines is 1. The molecule has 3 rings (SSSR count). The Morgan fingerprint density at radius 2 is 2.15 bits per heavy atom. The SMILES string of the molecule is CCOC(=O)c1cc(-c2ncc(C(=O)N(C)c3cccnc3)n2C)on1. The highest BCUT2D eigenvalue weighted by molar-refractivity contribution is 6.04. The quantitative estimate of drug-likeness (QED) is 0.644. The minimum atomic E-state index is -0.579. The van der Waals surface area contributed by atoms with Crippen molar-refractivity contribution < 1.29 is 18.8 Å². The van der Waals surface area contributed by atoms with Gasteiger partial charge in [0, 0.05) is 26.4 Å². The van der Waals surface area contributed by atoms with Crippen LogP contribution in [0.5, 0.6) is 0 Å². The fraction of sp³-hybridized carbons (Fsp3) is 0.235. The Balaban J connectivity index is 1.86. The maximum atomic E-state index is 12.7. The van der Waals surface area contributed by atoms with Crippen LogP contribution in [0.25, 0.3) is 11.6 Å². The van der Waals surface area contributed by atoms with Gasteiger partial charge < -0.3 is 18.7 Å². The van der Waals surface area contributed by atoms with Gasteiger partial charge in [0.05, 0.1) is 24.7 Å². The summed E-state index contributed by atoms with van der Waals surface area (Å²) >= 11 is 0. The minimum absolute atomic E-state index is 0.0465. The van der Waals surface area contributed by atoms with Gasteiger partial charge in [0.15, 0.2) is 11.5 Å². The highest BCUT2D eigenvalue weighted by Crippen LogP contribution is 2.22. The first-order valence-electron chi connectivity index (χ1n) is 7.87. The van der Waals surface area contributed by atoms with E-state index in [4.69, 9.17) is 9.26 Å². The number of carbonyl (C=O) groups is 2. The van der Waals surface area contributed by atoms with Crippen molar-refractivity contribution in [3.05, 3.63) is 48.2 Å². The molecule has 26 heavy (non-hydrogen) atoms. The summed E-state index contributed by atoms with van der Waals surface area (Å²) in [7, 11) is 3.33. The van der Waals surface area contributed by atoms with Crippen LogP contribution in [0.1, 0.15) is 27.9 Å². The van der Waals surface area contributed by atoms with Gasteiger partial charge in [-0.25, -0.2) is 9.78 Å². The molecule has 0 bridgehead atoms. The second kappa shape index (κ2) is 7.18. The first kappa shape index (κ1) is 17.3. The normalized spacial score (nSPS) is 10.6. The third kappa shape index (κ3) is 3.18. The number of amides is 1. The van der Waals surface area contributed by atoms with Crippen LogP contribution in [-0.4, -0.2) is 45.2 Å². The average molecular weight is 355 g/mol. The number of carbonyl (C=O) groups excluding carboxylic acids is 2. The van der Waals surface area contributed by atoms with Crippen molar-refractivity contribution >= 4 is 17.6 Å². The van der Waals surface area contributed by atoms with Crippen molar-refractivity contribution in [3.8, 4) is 11.6 Å². The summed E-state index contributed by atoms with van der Waals surface area (Å²) < 4.78 is 11.6. The van der Waals surface area contributed by atoms with Gasteiger partial charge in [0.2, 0.25) is 5.76 Å². The van der Waals surface area contributed by atoms with E-state index >= 15 is 0 Å². The number of nitrogens with zero attached hydrogens (tertiary/aromatic N) is 5. The van der Waals surface area contributed by atoms with Crippen molar-refractivity contribution in [3.63, 3.8) is 0 Å². The number of esters is 1. The highest BCUT2D eigenvalue weighted by Gasteiger charge is 2.23. The van der Waals surface area contributed by atoms with Crippen LogP contribution in [0, 0.1) is 0 Å². The molecular weight excluding hydrogens is 338 g/mol. The lowest BCUT2D eigenvalue weighted by molar-refractivity contribution is 0.0514. The van der Waals surface area contributed by atoms with Crippen LogP contribution in [0.3, 0.4) is 0 Å². The van der Waals surface area contributed by atoms with E-state index in [1.165, 1.54) is 17.2 Å². The lowest BCUT2D eigenvalue weighted by Crippen LogP contribution is -2.28. The fourth-order valence-corrected chi connectivity index (χ4v) is 2.36. The smallest absolute Gasteiger partial charge is 0.360 e. The molecule has 3 heterocycles. The number of hydrogen-bond acceptors (Lipinski definition) is 7. The molecule has 9 heteroatoms. The van der Waals surface area contributed by atoms with E-state index in [1.807, 2.05) is 0 Å². The number of rotatable bonds is 5. The number of imidazole rings is 1. The van der Waals surface area contributed by atoms with E-state index in [0.717, 1.165) is 0 Å². The summed E-state index contributed by atoms with van der Waals surface area (Å²) in [6.45, 7) is 1.94. The van der Waals surface area contributed by atoms with Gasteiger partial charge in [-0.1, -0.05) is 5.16 Å². The van der Waals surface area contributed by atoms with Gasteiger partial charge in [-0.2, -0.15) is 0 Å². The molecule has 0 unspecified atom stereocenters. The molecule has 0 spiro atoms. The van der Waals surface area contributed by atoms with Crippen molar-refractivity contribution in [2.45, 2.75) is 6.92 Å². The van der Waals surface area contributed by atoms with E-state index in [-0.39, 0.29) is 24.0 Å². The zero-order valence-electron chi connectivity index (χ0n) is 14.5. The Morgan fingerprint density at radius 3 is 2.85 bits per heavy atom. The number of ether oxygens (including phenoxy) is 1. The summed E-state index contributed by atoms with van der Waals surface area (Å²) in [6, 6.07) is 4.96. The monoisotopic (exact) mass is 355 g/mol. The van der Waals surface area contributed by atoms with Gasteiger partial charge in [-0.15, -0.1) is 0 Å². The van der Waals surface area contributed by atoms with E-state index in [9.17, 15) is 9.59 Å². The van der Waals surface area contributed by atoms with Crippen molar-refractivity contribution in [1.82, 2.24) is 19.7 Å². The molecule has 3 aromatic heterocycles. The molecule has 0 saturated heterocycles. The van der Waals surface area contributed by atoms with E-state index in [1.54, 1.807) is 50.1 Å². The molecule has 0 saturated carbocycles. The molecule has 3 aromatic rings. The summed E-state index contributed by atoms with van der Waals surface area (Å²) in [5.74, 6) is -0.205. The molecule has 0 atom stereocenters. The Bertz CT molecular complexity index is 932. The molecule has 0 aliphatic carbocycles. The lowest BCUT2D eigenvalue weighted by atomic mass is 10.3. The molecule has 0 aliphatic rings. The van der Waals surface area contributed by atoms with Gasteiger partial charge in [-0.3, -0.25) is 9.78 Å². The summed E-state index contributed by atoms with van der Waals surface area (Å²) in [5.41, 5.74) is 1.05. The standard InChI is InChI=1S/C17H17N5O4/c1-4-25-17(24)12-8-14(26-20-12)15-19-10-13(22(15)3)16(23)21(2)11-6-5-7-18-9-11/h5-10H,4H2,1-3H3. The van der Waals surface area contributed by atoms with Gasteiger partial charge >= 0.3 is 5.97 Å². The van der Waals surface area contributed by atoms with Crippen LogP contribution in [0.4, 0.5) is 5.69 Å². The Kier molecular flexibility index (Phi) is 4.78. The average Bonchev–Trinajstić information content (AvgIpc) is 3.28. The van der Waals surface area contributed by atoms with Crippen molar-refractivity contribution in [2.24, 2.45) is 7.05 Å². The predicted octanol–water partition coefficient (Wildman–Crippen LogP) is 1.92. The zero-order valence-corrected chi connectivity index (χ0v) is 14.5. The third-order valence-corrected chi connectivity index (χ3v) is 3.76. The van der Waals surface area contributed by atoms with E-state index in [2.05, 4.69) is 15.1 Å². The molecule has 0 aliphatic heterocycles. The van der Waals surface area contributed by atoms with Gasteiger partial charge in [-0.05, 0) is 19.1 Å². The fourth-order valence-electron chi connectivity index (χ4n) is 2.36. The van der Waals surface area contributed by atoms with Gasteiger partial charge in [0.25, 0.3) is 5.91 Å². The molecular formula is C17H17N5O4. The van der Waals surface area contributed by atoms with Crippen LogP contribution in [-0.2, 0) is 11.8 Å². The lowest BCUT2D eigenvalue weighted by Gasteiger charge is -2.16. The molecule has 0 fully saturated rings. The minimum Gasteiger partial charge on any atom is -0.461 e. The van der Waals surface area contributed by atoms with Crippen LogP contribution < -0.4 is 4.90 Å². The zero-order chi connectivity index (χ0) is 18.7. The van der Waals surface area contributed by atoms with Crippen molar-refractivity contribution in [1.29, 1.82) is 0 Å². The van der Waals surface area contributed by atoms with Crippen molar-refractivity contribution in [2.75, 3.05) is 18.6 Å². The Hall–Kier alpha value is -3.49. The maximum Gasteiger partial charge on any atom is 0.360 e. The largest absolute Gasteiger partial charge is 0.461 e. The molecule has 0 radical (unpaired) electrons. The number of pyridine rings is 1. The topological polar surface area (TPSA) is 103 Å². The van der Waals surface area contributed by atoms with E-state index in [0.29, 0.717) is 17.2 Å². The second-order valence-corrected chi connectivity index (χ2v) is 5.40. The number of aromatic nitrogens is 4. The molecule has 0 aromatic carbocycles. The first-order valence-corrected chi connectivity index (χ1v) is 7.87. The second-order valence-electron chi connectivity index (χ2n) is 5.40. The molecule has 0 N–H and O–H groups in total. The summed E-state index contributed by atoms with van der Waals surface area (Å²) in [4.78, 5) is 34.1. The predicted molar refractivity (Wildman–Crippen MR) is 91.6 cm³/mol. The highest BCUT2D eigenvalue weighted by atomic mass is 16.5. The number of hydrogen-bond donors (Lipinski definition) is 0. The van der Waals surface area contributed by atoms with Crippen LogP contribution in [0.2, 0.25) is 0 Å². The third-order valence-electron chi connectivity index (χ3n) is 3.76. The Morgan fingerprint density at radius 1 is 1.35 bits per heavy atom. The van der Waals surface area contributed by atoms with Crippen LogP contribution in [0.15, 0.2) is 41.3 Å². The maximum absolute atomic E-state index is 12.7. The Labute approximate surface area is 149 Å². The molecule has 9 nitrogen and oxygen atoms in total. The van der Waals surface area contributed by atoms with Crippen LogP contribution >= 0.6 is 0 Å². The van der Waals surface area contributed by atoms with Gasteiger partial charge in [0.1, 0.15) is 5.69 Å². The molecule has 134 valence electrons. The first-order chi connectivity index (χ1) is 12.5.